The van der Waals surface area contributed by atoms with Crippen LogP contribution in [0.3, 0.4) is 0 Å². The molecule has 37 heavy (non-hydrogen) atoms. The highest BCUT2D eigenvalue weighted by Crippen LogP contribution is 2.40. The van der Waals surface area contributed by atoms with E-state index in [0.717, 1.165) is 16.2 Å². The summed E-state index contributed by atoms with van der Waals surface area (Å²) < 4.78 is 1.64. The third kappa shape index (κ3) is 5.25. The molecule has 6 nitrogen and oxygen atoms in total. The molecule has 4 rings (SSSR count). The molecule has 0 saturated heterocycles. The van der Waals surface area contributed by atoms with Crippen LogP contribution in [0.2, 0.25) is 15.1 Å². The lowest BCUT2D eigenvalue weighted by molar-refractivity contribution is -0.122. The number of hydroxylamine groups is 1. The van der Waals surface area contributed by atoms with E-state index in [1.165, 1.54) is 14.0 Å². The third-order valence-corrected chi connectivity index (χ3v) is 6.79. The van der Waals surface area contributed by atoms with Crippen LogP contribution in [0.4, 0.5) is 5.69 Å². The molecule has 0 unspecified atom stereocenters. The van der Waals surface area contributed by atoms with E-state index in [2.05, 4.69) is 0 Å². The van der Waals surface area contributed by atoms with Gasteiger partial charge in [-0.3, -0.25) is 19.0 Å². The van der Waals surface area contributed by atoms with E-state index >= 15 is 0 Å². The fourth-order valence-corrected chi connectivity index (χ4v) is 5.02. The summed E-state index contributed by atoms with van der Waals surface area (Å²) in [5, 5.41) is 3.22. The van der Waals surface area contributed by atoms with E-state index in [0.29, 0.717) is 55.2 Å². The number of carbonyl (C=O) groups is 1. The van der Waals surface area contributed by atoms with Gasteiger partial charge in [0.25, 0.3) is 5.56 Å². The molecule has 2 aromatic carbocycles. The lowest BCUT2D eigenvalue weighted by Crippen LogP contribution is -2.33. The molecule has 2 aromatic heterocycles. The summed E-state index contributed by atoms with van der Waals surface area (Å²) in [5.74, 6) is -0.205. The molecule has 4 aromatic rings. The highest BCUT2D eigenvalue weighted by atomic mass is 35.5. The average Bonchev–Trinajstić information content (AvgIpc) is 2.84. The number of benzene rings is 2. The molecular weight excluding hydrogens is 533 g/mol. The normalized spacial score (nSPS) is 11.4. The number of pyridine rings is 2. The van der Waals surface area contributed by atoms with Gasteiger partial charge in [-0.1, -0.05) is 60.8 Å². The van der Waals surface area contributed by atoms with E-state index in [4.69, 9.17) is 44.6 Å². The monoisotopic (exact) mass is 557 g/mol. The molecule has 0 fully saturated rings. The molecule has 0 atom stereocenters. The molecule has 9 heteroatoms. The Labute approximate surface area is 230 Å². The second-order valence-electron chi connectivity index (χ2n) is 9.17. The molecule has 0 aliphatic rings. The van der Waals surface area contributed by atoms with Crippen molar-refractivity contribution in [3.63, 3.8) is 0 Å². The molecule has 0 bridgehead atoms. The molecular formula is C28H26Cl3N3O3. The first kappa shape index (κ1) is 27.1. The van der Waals surface area contributed by atoms with Crippen LogP contribution in [-0.2, 0) is 16.2 Å². The van der Waals surface area contributed by atoms with Gasteiger partial charge in [0.2, 0.25) is 5.91 Å². The lowest BCUT2D eigenvalue weighted by Gasteiger charge is -2.25. The molecule has 0 aliphatic carbocycles. The number of aromatic nitrogens is 2. The Kier molecular flexibility index (Phi) is 7.95. The fourth-order valence-electron chi connectivity index (χ4n) is 4.40. The van der Waals surface area contributed by atoms with Gasteiger partial charge in [0.15, 0.2) is 0 Å². The van der Waals surface area contributed by atoms with E-state index in [9.17, 15) is 9.59 Å². The number of nitrogens with zero attached hydrogens (tertiary/aromatic N) is 3. The number of anilines is 1. The average molecular weight is 559 g/mol. The Balaban J connectivity index is 2.22. The lowest BCUT2D eigenvalue weighted by atomic mass is 9.97. The fraction of sp³-hybridized carbons (Fsp3) is 0.250. The van der Waals surface area contributed by atoms with Crippen molar-refractivity contribution < 1.29 is 9.63 Å². The SMILES string of the molecule is CON(C(C)=O)c1c(C)c(=O)n(CC(C)C)c2nc(-c3ccc(Cl)cc3Cl)c(-c3ccc(Cl)cc3)cc12. The molecule has 0 N–H and O–H groups in total. The van der Waals surface area contributed by atoms with Crippen molar-refractivity contribution in [1.29, 1.82) is 0 Å². The van der Waals surface area contributed by atoms with Crippen LogP contribution in [0.5, 0.6) is 0 Å². The summed E-state index contributed by atoms with van der Waals surface area (Å²) in [6.45, 7) is 7.55. The summed E-state index contributed by atoms with van der Waals surface area (Å²) in [7, 11) is 1.39. The Morgan fingerprint density at radius 2 is 1.68 bits per heavy atom. The topological polar surface area (TPSA) is 64.4 Å². The molecule has 0 radical (unpaired) electrons. The Morgan fingerprint density at radius 1 is 1.03 bits per heavy atom. The minimum atomic E-state index is -0.370. The summed E-state index contributed by atoms with van der Waals surface area (Å²) in [6.07, 6.45) is 0. The summed E-state index contributed by atoms with van der Waals surface area (Å²) in [5.41, 5.74) is 3.69. The molecule has 2 heterocycles. The van der Waals surface area contributed by atoms with Gasteiger partial charge in [0.1, 0.15) is 5.65 Å². The van der Waals surface area contributed by atoms with Crippen LogP contribution in [-0.4, -0.2) is 22.6 Å². The zero-order valence-electron chi connectivity index (χ0n) is 21.1. The van der Waals surface area contributed by atoms with Gasteiger partial charge >= 0.3 is 0 Å². The van der Waals surface area contributed by atoms with Crippen LogP contribution in [0, 0.1) is 12.8 Å². The Hall–Kier alpha value is -2.90. The quantitative estimate of drug-likeness (QED) is 0.229. The number of halogens is 3. The van der Waals surface area contributed by atoms with Crippen LogP contribution in [0.1, 0.15) is 26.3 Å². The molecule has 0 aliphatic heterocycles. The van der Waals surface area contributed by atoms with Crippen molar-refractivity contribution in [3.8, 4) is 22.4 Å². The van der Waals surface area contributed by atoms with Crippen molar-refractivity contribution in [2.75, 3.05) is 12.2 Å². The van der Waals surface area contributed by atoms with Crippen molar-refractivity contribution in [3.05, 3.63) is 79.5 Å². The van der Waals surface area contributed by atoms with Crippen LogP contribution >= 0.6 is 34.8 Å². The van der Waals surface area contributed by atoms with Gasteiger partial charge in [0, 0.05) is 45.6 Å². The smallest absolute Gasteiger partial charge is 0.257 e. The zero-order chi connectivity index (χ0) is 27.0. The summed E-state index contributed by atoms with van der Waals surface area (Å²) >= 11 is 19.0. The highest BCUT2D eigenvalue weighted by molar-refractivity contribution is 6.36. The van der Waals surface area contributed by atoms with Gasteiger partial charge in [-0.2, -0.15) is 5.06 Å². The summed E-state index contributed by atoms with van der Waals surface area (Å²) in [4.78, 5) is 36.6. The van der Waals surface area contributed by atoms with E-state index in [1.807, 2.05) is 32.0 Å². The number of hydrogen-bond donors (Lipinski definition) is 0. The number of rotatable bonds is 6. The van der Waals surface area contributed by atoms with Crippen molar-refractivity contribution >= 4 is 57.4 Å². The predicted octanol–water partition coefficient (Wildman–Crippen LogP) is 7.57. The zero-order valence-corrected chi connectivity index (χ0v) is 23.4. The number of hydrogen-bond acceptors (Lipinski definition) is 4. The van der Waals surface area contributed by atoms with Crippen LogP contribution < -0.4 is 10.6 Å². The minimum absolute atomic E-state index is 0.165. The van der Waals surface area contributed by atoms with Gasteiger partial charge in [0.05, 0.1) is 23.5 Å². The van der Waals surface area contributed by atoms with Crippen molar-refractivity contribution in [2.45, 2.75) is 34.2 Å². The van der Waals surface area contributed by atoms with Gasteiger partial charge < -0.3 is 0 Å². The number of fused-ring (bicyclic) bond motifs is 1. The highest BCUT2D eigenvalue weighted by Gasteiger charge is 2.25. The molecule has 1 amide bonds. The second kappa shape index (κ2) is 10.8. The Bertz CT molecular complexity index is 1560. The van der Waals surface area contributed by atoms with Crippen molar-refractivity contribution in [1.82, 2.24) is 9.55 Å². The van der Waals surface area contributed by atoms with Gasteiger partial charge in [-0.05, 0) is 54.8 Å². The van der Waals surface area contributed by atoms with E-state index in [-0.39, 0.29) is 17.4 Å². The number of amides is 1. The maximum absolute atomic E-state index is 13.6. The largest absolute Gasteiger partial charge is 0.292 e. The third-order valence-electron chi connectivity index (χ3n) is 6.00. The number of carbonyl (C=O) groups excluding carboxylic acids is 1. The first-order chi connectivity index (χ1) is 17.5. The molecule has 0 spiro atoms. The van der Waals surface area contributed by atoms with Crippen molar-refractivity contribution in [2.24, 2.45) is 5.92 Å². The maximum atomic E-state index is 13.6. The maximum Gasteiger partial charge on any atom is 0.257 e. The Morgan fingerprint density at radius 3 is 2.24 bits per heavy atom. The van der Waals surface area contributed by atoms with Crippen LogP contribution in [0.15, 0.2) is 53.3 Å². The van der Waals surface area contributed by atoms with Gasteiger partial charge in [-0.25, -0.2) is 4.98 Å². The molecule has 0 saturated carbocycles. The summed E-state index contributed by atoms with van der Waals surface area (Å²) in [6, 6.07) is 14.5. The minimum Gasteiger partial charge on any atom is -0.292 e. The van der Waals surface area contributed by atoms with Gasteiger partial charge in [-0.15, -0.1) is 0 Å². The van der Waals surface area contributed by atoms with E-state index in [1.54, 1.807) is 41.8 Å². The first-order valence-electron chi connectivity index (χ1n) is 11.7. The molecule has 192 valence electrons. The predicted molar refractivity (Wildman–Crippen MR) is 152 cm³/mol. The standard InChI is InChI=1S/C28H26Cl3N3O3/c1-15(2)14-33-27-23(26(16(3)28(33)36)34(37-5)17(4)35)13-22(18-6-8-19(29)9-7-18)25(32-27)21-11-10-20(30)12-24(21)31/h6-13,15H,14H2,1-5H3. The first-order valence-corrected chi connectivity index (χ1v) is 12.8. The van der Waals surface area contributed by atoms with Crippen LogP contribution in [0.25, 0.3) is 33.4 Å². The second-order valence-corrected chi connectivity index (χ2v) is 10.4. The van der Waals surface area contributed by atoms with E-state index < -0.39 is 0 Å².